The number of aromatic nitrogens is 4. The van der Waals surface area contributed by atoms with E-state index < -0.39 is 11.4 Å². The maximum Gasteiger partial charge on any atom is 0.292 e. The number of halogens is 2. The second-order valence-electron chi connectivity index (χ2n) is 5.58. The highest BCUT2D eigenvalue weighted by atomic mass is 79.9. The lowest BCUT2D eigenvalue weighted by molar-refractivity contribution is 0.0324. The maximum atomic E-state index is 14.1. The van der Waals surface area contributed by atoms with Crippen LogP contribution in [0.4, 0.5) is 4.39 Å². The zero-order valence-electron chi connectivity index (χ0n) is 12.5. The SMILES string of the molecule is Cn1ncc2cnn(CC(C)(O)c3ccc(Br)cc3F)c2c1=O. The summed E-state index contributed by atoms with van der Waals surface area (Å²) in [7, 11) is 1.53. The van der Waals surface area contributed by atoms with Crippen molar-refractivity contribution >= 4 is 26.8 Å². The average Bonchev–Trinajstić information content (AvgIpc) is 2.85. The van der Waals surface area contributed by atoms with Crippen LogP contribution in [-0.2, 0) is 19.2 Å². The van der Waals surface area contributed by atoms with Crippen molar-refractivity contribution in [2.24, 2.45) is 7.05 Å². The minimum atomic E-state index is -1.53. The van der Waals surface area contributed by atoms with E-state index in [1.807, 2.05) is 0 Å². The third-order valence-electron chi connectivity index (χ3n) is 3.70. The molecule has 0 saturated carbocycles. The molecule has 1 aromatic carbocycles. The first-order valence-corrected chi connectivity index (χ1v) is 7.64. The zero-order chi connectivity index (χ0) is 16.8. The molecule has 2 heterocycles. The molecule has 0 amide bonds. The van der Waals surface area contributed by atoms with Gasteiger partial charge in [-0.05, 0) is 19.1 Å². The second-order valence-corrected chi connectivity index (χ2v) is 6.49. The van der Waals surface area contributed by atoms with Gasteiger partial charge in [-0.2, -0.15) is 10.2 Å². The Balaban J connectivity index is 2.07. The van der Waals surface area contributed by atoms with E-state index in [1.165, 1.54) is 47.9 Å². The van der Waals surface area contributed by atoms with Crippen molar-refractivity contribution in [2.75, 3.05) is 0 Å². The number of nitrogens with zero attached hydrogens (tertiary/aromatic N) is 4. The molecule has 0 aliphatic heterocycles. The molecule has 1 atom stereocenters. The van der Waals surface area contributed by atoms with Crippen LogP contribution in [-0.4, -0.2) is 24.7 Å². The Hall–Kier alpha value is -2.06. The predicted octanol–water partition coefficient (Wildman–Crippen LogP) is 1.94. The Morgan fingerprint density at radius 1 is 1.35 bits per heavy atom. The third-order valence-corrected chi connectivity index (χ3v) is 4.20. The van der Waals surface area contributed by atoms with Crippen LogP contribution >= 0.6 is 15.9 Å². The number of hydrogen-bond donors (Lipinski definition) is 1. The van der Waals surface area contributed by atoms with Crippen molar-refractivity contribution < 1.29 is 9.50 Å². The van der Waals surface area contributed by atoms with Gasteiger partial charge in [0.05, 0.1) is 18.9 Å². The molecule has 0 fully saturated rings. The van der Waals surface area contributed by atoms with Gasteiger partial charge in [0, 0.05) is 22.5 Å². The minimum Gasteiger partial charge on any atom is -0.383 e. The predicted molar refractivity (Wildman–Crippen MR) is 86.4 cm³/mol. The van der Waals surface area contributed by atoms with Crippen LogP contribution in [0.2, 0.25) is 0 Å². The second kappa shape index (κ2) is 5.54. The van der Waals surface area contributed by atoms with Gasteiger partial charge in [-0.1, -0.05) is 22.0 Å². The van der Waals surface area contributed by atoms with Crippen molar-refractivity contribution in [1.29, 1.82) is 0 Å². The highest BCUT2D eigenvalue weighted by molar-refractivity contribution is 9.10. The van der Waals surface area contributed by atoms with Crippen LogP contribution in [0.25, 0.3) is 10.9 Å². The molecular weight excluding hydrogens is 367 g/mol. The molecule has 0 spiro atoms. The van der Waals surface area contributed by atoms with Gasteiger partial charge in [0.25, 0.3) is 5.56 Å². The normalized spacial score (nSPS) is 14.1. The van der Waals surface area contributed by atoms with Gasteiger partial charge in [0.15, 0.2) is 0 Å². The molecular formula is C15H14BrFN4O2. The lowest BCUT2D eigenvalue weighted by Gasteiger charge is -2.24. The topological polar surface area (TPSA) is 72.9 Å². The number of aryl methyl sites for hydroxylation is 1. The molecule has 0 aliphatic rings. The first kappa shape index (κ1) is 15.8. The summed E-state index contributed by atoms with van der Waals surface area (Å²) in [5.41, 5.74) is -1.40. The van der Waals surface area contributed by atoms with Gasteiger partial charge in [-0.15, -0.1) is 0 Å². The fourth-order valence-corrected chi connectivity index (χ4v) is 2.84. The summed E-state index contributed by atoms with van der Waals surface area (Å²) in [4.78, 5) is 12.2. The monoisotopic (exact) mass is 380 g/mol. The molecule has 0 radical (unpaired) electrons. The van der Waals surface area contributed by atoms with Crippen LogP contribution in [0.1, 0.15) is 12.5 Å². The summed E-state index contributed by atoms with van der Waals surface area (Å²) >= 11 is 3.18. The smallest absolute Gasteiger partial charge is 0.292 e. The van der Waals surface area contributed by atoms with E-state index in [0.29, 0.717) is 15.4 Å². The first-order valence-electron chi connectivity index (χ1n) is 6.85. The number of aliphatic hydroxyl groups is 1. The number of hydrogen-bond acceptors (Lipinski definition) is 4. The van der Waals surface area contributed by atoms with Gasteiger partial charge in [-0.3, -0.25) is 9.48 Å². The highest BCUT2D eigenvalue weighted by Crippen LogP contribution is 2.28. The molecule has 0 saturated heterocycles. The number of rotatable bonds is 3. The summed E-state index contributed by atoms with van der Waals surface area (Å²) in [6.45, 7) is 1.42. The Morgan fingerprint density at radius 2 is 2.04 bits per heavy atom. The van der Waals surface area contributed by atoms with Crippen molar-refractivity contribution in [3.63, 3.8) is 0 Å². The van der Waals surface area contributed by atoms with Crippen LogP contribution in [0, 0.1) is 5.82 Å². The van der Waals surface area contributed by atoms with E-state index in [0.717, 1.165) is 0 Å². The minimum absolute atomic E-state index is 0.0612. The van der Waals surface area contributed by atoms with Crippen LogP contribution in [0.15, 0.2) is 39.9 Å². The Bertz CT molecular complexity index is 948. The van der Waals surface area contributed by atoms with Crippen LogP contribution < -0.4 is 5.56 Å². The molecule has 1 unspecified atom stereocenters. The summed E-state index contributed by atoms with van der Waals surface area (Å²) in [5.74, 6) is -0.532. The molecule has 23 heavy (non-hydrogen) atoms. The van der Waals surface area contributed by atoms with Gasteiger partial charge in [-0.25, -0.2) is 9.07 Å². The van der Waals surface area contributed by atoms with E-state index >= 15 is 0 Å². The summed E-state index contributed by atoms with van der Waals surface area (Å²) < 4.78 is 17.3. The quantitative estimate of drug-likeness (QED) is 0.753. The van der Waals surface area contributed by atoms with Crippen molar-refractivity contribution in [3.8, 4) is 0 Å². The third kappa shape index (κ3) is 2.79. The molecule has 120 valence electrons. The largest absolute Gasteiger partial charge is 0.383 e. The molecule has 8 heteroatoms. The number of benzene rings is 1. The Kier molecular flexibility index (Phi) is 3.81. The molecule has 2 aromatic heterocycles. The lowest BCUT2D eigenvalue weighted by Crippen LogP contribution is -2.31. The lowest BCUT2D eigenvalue weighted by atomic mass is 9.95. The molecule has 1 N–H and O–H groups in total. The maximum absolute atomic E-state index is 14.1. The van der Waals surface area contributed by atoms with Crippen molar-refractivity contribution in [1.82, 2.24) is 19.6 Å². The fourth-order valence-electron chi connectivity index (χ4n) is 2.51. The first-order chi connectivity index (χ1) is 10.8. The van der Waals surface area contributed by atoms with E-state index in [9.17, 15) is 14.3 Å². The molecule has 3 aromatic rings. The van der Waals surface area contributed by atoms with Crippen LogP contribution in [0.3, 0.4) is 0 Å². The highest BCUT2D eigenvalue weighted by Gasteiger charge is 2.29. The van der Waals surface area contributed by atoms with Gasteiger partial charge in [0.1, 0.15) is 16.9 Å². The van der Waals surface area contributed by atoms with E-state index in [-0.39, 0.29) is 17.7 Å². The van der Waals surface area contributed by atoms with Crippen molar-refractivity contribution in [3.05, 3.63) is 56.8 Å². The molecule has 3 rings (SSSR count). The summed E-state index contributed by atoms with van der Waals surface area (Å²) in [6, 6.07) is 4.44. The van der Waals surface area contributed by atoms with Gasteiger partial charge in [0.2, 0.25) is 0 Å². The van der Waals surface area contributed by atoms with E-state index in [4.69, 9.17) is 0 Å². The number of fused-ring (bicyclic) bond motifs is 1. The van der Waals surface area contributed by atoms with E-state index in [2.05, 4.69) is 26.1 Å². The molecule has 0 aliphatic carbocycles. The summed E-state index contributed by atoms with van der Waals surface area (Å²) in [5, 5.41) is 19.3. The average molecular weight is 381 g/mol. The Morgan fingerprint density at radius 3 is 2.74 bits per heavy atom. The van der Waals surface area contributed by atoms with Gasteiger partial charge < -0.3 is 5.11 Å². The summed E-state index contributed by atoms with van der Waals surface area (Å²) in [6.07, 6.45) is 3.02. The van der Waals surface area contributed by atoms with Crippen molar-refractivity contribution in [2.45, 2.75) is 19.1 Å². The molecule has 6 nitrogen and oxygen atoms in total. The van der Waals surface area contributed by atoms with Crippen LogP contribution in [0.5, 0.6) is 0 Å². The zero-order valence-corrected chi connectivity index (χ0v) is 14.1. The standard InChI is InChI=1S/C15H14BrFN4O2/c1-15(23,11-4-3-10(16)5-12(11)17)8-21-13-9(7-19-21)6-18-20(2)14(13)22/h3-7,23H,8H2,1-2H3. The van der Waals surface area contributed by atoms with Gasteiger partial charge >= 0.3 is 0 Å². The van der Waals surface area contributed by atoms with E-state index in [1.54, 1.807) is 6.07 Å². The molecule has 0 bridgehead atoms. The fraction of sp³-hybridized carbons (Fsp3) is 0.267. The Labute approximate surface area is 139 Å².